The summed E-state index contributed by atoms with van der Waals surface area (Å²) in [6.45, 7) is 1.75. The van der Waals surface area contributed by atoms with Crippen molar-refractivity contribution in [3.05, 3.63) is 72.2 Å². The molecule has 1 amide bonds. The number of amides is 1. The third-order valence-corrected chi connectivity index (χ3v) is 4.47. The summed E-state index contributed by atoms with van der Waals surface area (Å²) >= 11 is 5.21. The summed E-state index contributed by atoms with van der Waals surface area (Å²) < 4.78 is 10.9. The highest BCUT2D eigenvalue weighted by Crippen LogP contribution is 2.36. The van der Waals surface area contributed by atoms with Gasteiger partial charge < -0.3 is 19.3 Å². The Kier molecular flexibility index (Phi) is 5.32. The van der Waals surface area contributed by atoms with E-state index in [0.717, 1.165) is 0 Å². The normalized spacial score (nSPS) is 11.1. The Bertz CT molecular complexity index is 1230. The number of nitrogens with one attached hydrogen (secondary N) is 2. The molecule has 0 bridgehead atoms. The maximum absolute atomic E-state index is 12.0. The zero-order chi connectivity index (χ0) is 21.1. The molecule has 2 heterocycles. The number of rotatable bonds is 4. The van der Waals surface area contributed by atoms with Crippen LogP contribution >= 0.6 is 12.2 Å². The average Bonchev–Trinajstić information content (AvgIpc) is 3.38. The number of phenols is 1. The molecule has 0 fully saturated rings. The van der Waals surface area contributed by atoms with Crippen LogP contribution in [0.15, 0.2) is 69.7 Å². The average molecular weight is 419 g/mol. The van der Waals surface area contributed by atoms with Crippen molar-refractivity contribution < 1.29 is 18.7 Å². The van der Waals surface area contributed by atoms with Crippen molar-refractivity contribution in [3.8, 4) is 17.2 Å². The molecule has 0 spiro atoms. The molecule has 0 aliphatic carbocycles. The van der Waals surface area contributed by atoms with Gasteiger partial charge >= 0.3 is 0 Å². The number of aryl methyl sites for hydroxylation is 1. The molecule has 0 aliphatic rings. The Morgan fingerprint density at radius 2 is 2.03 bits per heavy atom. The fourth-order valence-electron chi connectivity index (χ4n) is 2.86. The fourth-order valence-corrected chi connectivity index (χ4v) is 3.08. The third-order valence-electron chi connectivity index (χ3n) is 4.26. The van der Waals surface area contributed by atoms with Crippen LogP contribution in [0.2, 0.25) is 0 Å². The number of phenolic OH excluding ortho intramolecular Hbond substituents is 1. The molecule has 4 aromatic rings. The van der Waals surface area contributed by atoms with Crippen LogP contribution in [0.3, 0.4) is 0 Å². The van der Waals surface area contributed by atoms with Crippen molar-refractivity contribution in [1.82, 2.24) is 10.3 Å². The zero-order valence-corrected chi connectivity index (χ0v) is 16.7. The molecular weight excluding hydrogens is 402 g/mol. The largest absolute Gasteiger partial charge is 0.507 e. The van der Waals surface area contributed by atoms with E-state index in [4.69, 9.17) is 21.1 Å². The number of furan rings is 1. The Hall–Kier alpha value is -3.91. The lowest BCUT2D eigenvalue weighted by Crippen LogP contribution is -2.32. The van der Waals surface area contributed by atoms with Gasteiger partial charge in [0.25, 0.3) is 0 Å². The maximum atomic E-state index is 12.0. The number of oxazole rings is 1. The Labute approximate surface area is 177 Å². The second-order valence-electron chi connectivity index (χ2n) is 6.47. The quantitative estimate of drug-likeness (QED) is 0.252. The van der Waals surface area contributed by atoms with E-state index in [0.29, 0.717) is 33.7 Å². The van der Waals surface area contributed by atoms with Gasteiger partial charge in [-0.1, -0.05) is 12.1 Å². The summed E-state index contributed by atoms with van der Waals surface area (Å²) in [6, 6.07) is 14.2. The van der Waals surface area contributed by atoms with Crippen LogP contribution in [-0.2, 0) is 4.79 Å². The number of nitrogens with zero attached hydrogens (tertiary/aromatic N) is 1. The second-order valence-corrected chi connectivity index (χ2v) is 6.88. The van der Waals surface area contributed by atoms with E-state index in [1.54, 1.807) is 37.3 Å². The predicted molar refractivity (Wildman–Crippen MR) is 118 cm³/mol. The van der Waals surface area contributed by atoms with Crippen molar-refractivity contribution in [2.75, 3.05) is 5.32 Å². The molecule has 2 aromatic heterocycles. The molecule has 3 N–H and O–H groups in total. The first kappa shape index (κ1) is 19.4. The molecule has 0 saturated carbocycles. The van der Waals surface area contributed by atoms with Gasteiger partial charge in [-0.2, -0.15) is 0 Å². The van der Waals surface area contributed by atoms with E-state index < -0.39 is 5.91 Å². The molecule has 0 aliphatic heterocycles. The summed E-state index contributed by atoms with van der Waals surface area (Å²) in [7, 11) is 0. The predicted octanol–water partition coefficient (Wildman–Crippen LogP) is 4.63. The monoisotopic (exact) mass is 419 g/mol. The van der Waals surface area contributed by atoms with Crippen LogP contribution in [0.5, 0.6) is 5.75 Å². The number of aromatic hydroxyl groups is 1. The van der Waals surface area contributed by atoms with Gasteiger partial charge in [0.05, 0.1) is 11.8 Å². The minimum absolute atomic E-state index is 0.0587. The molecule has 4 rings (SSSR count). The van der Waals surface area contributed by atoms with Crippen molar-refractivity contribution in [1.29, 1.82) is 0 Å². The highest BCUT2D eigenvalue weighted by atomic mass is 32.1. The molecule has 0 saturated heterocycles. The molecule has 8 heteroatoms. The highest BCUT2D eigenvalue weighted by molar-refractivity contribution is 7.80. The number of fused-ring (bicyclic) bond motifs is 1. The Morgan fingerprint density at radius 1 is 1.20 bits per heavy atom. The number of para-hydroxylation sites is 2. The summed E-state index contributed by atoms with van der Waals surface area (Å²) in [6.07, 6.45) is 4.37. The number of hydrogen-bond acceptors (Lipinski definition) is 6. The molecule has 7 nitrogen and oxygen atoms in total. The summed E-state index contributed by atoms with van der Waals surface area (Å²) in [5.74, 6) is 0.500. The van der Waals surface area contributed by atoms with Crippen LogP contribution in [-0.4, -0.2) is 21.1 Å². The van der Waals surface area contributed by atoms with Gasteiger partial charge in [0.2, 0.25) is 11.8 Å². The summed E-state index contributed by atoms with van der Waals surface area (Å²) in [5, 5.41) is 16.1. The van der Waals surface area contributed by atoms with Gasteiger partial charge in [0.1, 0.15) is 17.0 Å². The number of carbonyl (C=O) groups excluding carboxylic acids is 1. The van der Waals surface area contributed by atoms with Gasteiger partial charge in [-0.3, -0.25) is 10.1 Å². The first-order valence-electron chi connectivity index (χ1n) is 9.03. The molecule has 150 valence electrons. The number of hydrogen-bond donors (Lipinski definition) is 3. The van der Waals surface area contributed by atoms with Gasteiger partial charge in [-0.25, -0.2) is 4.98 Å². The highest BCUT2D eigenvalue weighted by Gasteiger charge is 2.16. The van der Waals surface area contributed by atoms with Gasteiger partial charge in [-0.15, -0.1) is 0 Å². The number of thiocarbonyl (C=S) groups is 1. The van der Waals surface area contributed by atoms with Gasteiger partial charge in [0.15, 0.2) is 10.7 Å². The van der Waals surface area contributed by atoms with Crippen LogP contribution in [0.1, 0.15) is 11.3 Å². The lowest BCUT2D eigenvalue weighted by molar-refractivity contribution is -0.115. The SMILES string of the molecule is Cc1cc(NC(=S)NC(=O)C=Cc2ccco2)cc(-c2nc3ccccc3o2)c1O. The number of aromatic nitrogens is 1. The smallest absolute Gasteiger partial charge is 0.250 e. The van der Waals surface area contributed by atoms with Crippen molar-refractivity contribution in [3.63, 3.8) is 0 Å². The van der Waals surface area contributed by atoms with E-state index in [2.05, 4.69) is 15.6 Å². The van der Waals surface area contributed by atoms with Gasteiger partial charge in [0, 0.05) is 11.8 Å². The summed E-state index contributed by atoms with van der Waals surface area (Å²) in [4.78, 5) is 16.4. The van der Waals surface area contributed by atoms with E-state index in [-0.39, 0.29) is 16.8 Å². The summed E-state index contributed by atoms with van der Waals surface area (Å²) in [5.41, 5.74) is 2.90. The topological polar surface area (TPSA) is 101 Å². The standard InChI is InChI=1S/C22H17N3O4S/c1-13-11-14(23-22(30)25-19(26)9-8-15-5-4-10-28-15)12-16(20(13)27)21-24-17-6-2-3-7-18(17)29-21/h2-12,27H,1H3,(H2,23,25,26,30). The Morgan fingerprint density at radius 3 is 2.80 bits per heavy atom. The Balaban J connectivity index is 1.51. The number of benzene rings is 2. The van der Waals surface area contributed by atoms with Crippen molar-refractivity contribution in [2.24, 2.45) is 0 Å². The molecular formula is C22H17N3O4S. The third kappa shape index (κ3) is 4.23. The first-order valence-corrected chi connectivity index (χ1v) is 9.43. The molecule has 0 unspecified atom stereocenters. The van der Waals surface area contributed by atoms with Crippen LogP contribution in [0.4, 0.5) is 5.69 Å². The van der Waals surface area contributed by atoms with Crippen LogP contribution in [0.25, 0.3) is 28.6 Å². The van der Waals surface area contributed by atoms with Crippen LogP contribution < -0.4 is 10.6 Å². The molecule has 2 aromatic carbocycles. The fraction of sp³-hybridized carbons (Fsp3) is 0.0455. The second kappa shape index (κ2) is 8.22. The van der Waals surface area contributed by atoms with E-state index in [1.165, 1.54) is 18.4 Å². The minimum Gasteiger partial charge on any atom is -0.507 e. The molecule has 0 radical (unpaired) electrons. The minimum atomic E-state index is -0.404. The maximum Gasteiger partial charge on any atom is 0.250 e. The van der Waals surface area contributed by atoms with E-state index in [9.17, 15) is 9.90 Å². The zero-order valence-electron chi connectivity index (χ0n) is 15.9. The van der Waals surface area contributed by atoms with E-state index in [1.807, 2.05) is 18.2 Å². The van der Waals surface area contributed by atoms with Crippen molar-refractivity contribution in [2.45, 2.75) is 6.92 Å². The van der Waals surface area contributed by atoms with Crippen molar-refractivity contribution >= 4 is 46.1 Å². The lowest BCUT2D eigenvalue weighted by Gasteiger charge is -2.12. The number of carbonyl (C=O) groups is 1. The first-order chi connectivity index (χ1) is 14.5. The number of anilines is 1. The van der Waals surface area contributed by atoms with E-state index >= 15 is 0 Å². The lowest BCUT2D eigenvalue weighted by atomic mass is 10.1. The van der Waals surface area contributed by atoms with Crippen LogP contribution in [0, 0.1) is 6.92 Å². The van der Waals surface area contributed by atoms with Gasteiger partial charge in [-0.05, 0) is 67.2 Å². The molecule has 30 heavy (non-hydrogen) atoms. The molecule has 0 atom stereocenters.